The van der Waals surface area contributed by atoms with Crippen LogP contribution >= 0.6 is 11.6 Å². The Kier molecular flexibility index (Phi) is 5.11. The Morgan fingerprint density at radius 2 is 2.05 bits per heavy atom. The molecule has 0 aliphatic heterocycles. The highest BCUT2D eigenvalue weighted by Gasteiger charge is 2.34. The van der Waals surface area contributed by atoms with Crippen molar-refractivity contribution in [3.05, 3.63) is 40.9 Å². The third kappa shape index (κ3) is 3.18. The number of nitrogens with two attached hydrogens (primary N) is 1. The first kappa shape index (κ1) is 15.4. The van der Waals surface area contributed by atoms with Crippen molar-refractivity contribution in [2.75, 3.05) is 13.2 Å². The number of hydrogen-bond donors (Lipinski definition) is 1. The van der Waals surface area contributed by atoms with Gasteiger partial charge in [-0.25, -0.2) is 0 Å². The van der Waals surface area contributed by atoms with Gasteiger partial charge >= 0.3 is 0 Å². The molecule has 0 amide bonds. The molecule has 1 aliphatic rings. The fourth-order valence-electron chi connectivity index (χ4n) is 3.04. The molecule has 1 aromatic carbocycles. The van der Waals surface area contributed by atoms with Gasteiger partial charge in [-0.2, -0.15) is 0 Å². The largest absolute Gasteiger partial charge is 0.488 e. The first-order valence-electron chi connectivity index (χ1n) is 7.35. The van der Waals surface area contributed by atoms with Crippen molar-refractivity contribution in [3.8, 4) is 5.75 Å². The van der Waals surface area contributed by atoms with Crippen LogP contribution in [-0.4, -0.2) is 13.2 Å². The van der Waals surface area contributed by atoms with Gasteiger partial charge in [0.25, 0.3) is 0 Å². The fraction of sp³-hybridized carbons (Fsp3) is 0.529. The zero-order valence-corrected chi connectivity index (χ0v) is 13.0. The molecule has 2 nitrogen and oxygen atoms in total. The summed E-state index contributed by atoms with van der Waals surface area (Å²) < 4.78 is 5.75. The maximum Gasteiger partial charge on any atom is 0.138 e. The number of rotatable bonds is 5. The van der Waals surface area contributed by atoms with E-state index in [1.165, 1.54) is 19.3 Å². The van der Waals surface area contributed by atoms with Crippen molar-refractivity contribution >= 4 is 11.6 Å². The highest BCUT2D eigenvalue weighted by molar-refractivity contribution is 6.33. The van der Waals surface area contributed by atoms with Crippen LogP contribution in [0.2, 0.25) is 5.02 Å². The summed E-state index contributed by atoms with van der Waals surface area (Å²) in [4.78, 5) is 0. The Morgan fingerprint density at radius 1 is 1.35 bits per heavy atom. The van der Waals surface area contributed by atoms with Crippen LogP contribution in [-0.2, 0) is 5.41 Å². The lowest BCUT2D eigenvalue weighted by molar-refractivity contribution is 0.298. The molecule has 0 spiro atoms. The Balaban J connectivity index is 2.31. The van der Waals surface area contributed by atoms with Gasteiger partial charge in [-0.05, 0) is 37.0 Å². The maximum absolute atomic E-state index is 6.58. The lowest BCUT2D eigenvalue weighted by Crippen LogP contribution is -2.37. The quantitative estimate of drug-likeness (QED) is 0.814. The Bertz CT molecular complexity index is 478. The van der Waals surface area contributed by atoms with Gasteiger partial charge in [0.2, 0.25) is 0 Å². The lowest BCUT2D eigenvalue weighted by Gasteiger charge is -2.37. The monoisotopic (exact) mass is 293 g/mol. The number of hydrogen-bond acceptors (Lipinski definition) is 2. The van der Waals surface area contributed by atoms with E-state index in [1.54, 1.807) is 0 Å². The minimum absolute atomic E-state index is 0.0257. The summed E-state index contributed by atoms with van der Waals surface area (Å²) in [5.41, 5.74) is 8.26. The molecule has 1 fully saturated rings. The maximum atomic E-state index is 6.58. The van der Waals surface area contributed by atoms with Crippen molar-refractivity contribution in [2.45, 2.75) is 44.4 Å². The van der Waals surface area contributed by atoms with E-state index in [0.29, 0.717) is 13.2 Å². The van der Waals surface area contributed by atoms with Crippen LogP contribution in [0.4, 0.5) is 0 Å². The second-order valence-electron chi connectivity index (χ2n) is 5.91. The first-order valence-corrected chi connectivity index (χ1v) is 7.73. The van der Waals surface area contributed by atoms with Crippen molar-refractivity contribution < 1.29 is 4.74 Å². The summed E-state index contributed by atoms with van der Waals surface area (Å²) in [6.07, 6.45) is 5.99. The molecule has 0 saturated heterocycles. The topological polar surface area (TPSA) is 35.2 Å². The Labute approximate surface area is 127 Å². The summed E-state index contributed by atoms with van der Waals surface area (Å²) in [5.74, 6) is 0.741. The average molecular weight is 294 g/mol. The third-order valence-corrected chi connectivity index (χ3v) is 4.60. The summed E-state index contributed by atoms with van der Waals surface area (Å²) in [5, 5.41) is 0.723. The number of halogens is 1. The molecule has 0 radical (unpaired) electrons. The lowest BCUT2D eigenvalue weighted by atomic mass is 9.69. The predicted octanol–water partition coefficient (Wildman–Crippen LogP) is 4.46. The SMILES string of the molecule is C=C(C)COc1cccc(C2(CN)CCCCC2)c1Cl. The van der Waals surface area contributed by atoms with Crippen LogP contribution in [0.3, 0.4) is 0 Å². The molecule has 0 bridgehead atoms. The molecule has 0 unspecified atom stereocenters. The summed E-state index contributed by atoms with van der Waals surface area (Å²) in [7, 11) is 0. The second kappa shape index (κ2) is 6.64. The number of ether oxygens (including phenoxy) is 1. The van der Waals surface area contributed by atoms with Crippen LogP contribution in [0.15, 0.2) is 30.4 Å². The average Bonchev–Trinajstić information content (AvgIpc) is 2.46. The van der Waals surface area contributed by atoms with E-state index in [2.05, 4.69) is 12.6 Å². The van der Waals surface area contributed by atoms with E-state index in [9.17, 15) is 0 Å². The molecular weight excluding hydrogens is 270 g/mol. The molecule has 2 N–H and O–H groups in total. The molecule has 1 aliphatic carbocycles. The molecular formula is C17H24ClNO. The summed E-state index contributed by atoms with van der Waals surface area (Å²) in [6, 6.07) is 6.04. The van der Waals surface area contributed by atoms with Crippen LogP contribution in [0.1, 0.15) is 44.6 Å². The van der Waals surface area contributed by atoms with E-state index in [-0.39, 0.29) is 5.41 Å². The van der Waals surface area contributed by atoms with Crippen LogP contribution < -0.4 is 10.5 Å². The van der Waals surface area contributed by atoms with Gasteiger partial charge in [-0.3, -0.25) is 0 Å². The van der Waals surface area contributed by atoms with Crippen molar-refractivity contribution in [2.24, 2.45) is 5.73 Å². The van der Waals surface area contributed by atoms with Gasteiger partial charge in [0, 0.05) is 12.0 Å². The zero-order valence-electron chi connectivity index (χ0n) is 12.3. The minimum Gasteiger partial charge on any atom is -0.488 e. The van der Waals surface area contributed by atoms with E-state index >= 15 is 0 Å². The zero-order chi connectivity index (χ0) is 14.6. The molecule has 1 saturated carbocycles. The standard InChI is InChI=1S/C17H24ClNO/c1-13(2)11-20-15-8-6-7-14(16(15)18)17(12-19)9-4-3-5-10-17/h6-8H,1,3-5,9-12,19H2,2H3. The first-order chi connectivity index (χ1) is 9.59. The van der Waals surface area contributed by atoms with Gasteiger partial charge in [0.1, 0.15) is 12.4 Å². The minimum atomic E-state index is 0.0257. The number of benzene rings is 1. The van der Waals surface area contributed by atoms with E-state index in [4.69, 9.17) is 22.1 Å². The molecule has 2 rings (SSSR count). The summed E-state index contributed by atoms with van der Waals surface area (Å²) >= 11 is 6.58. The van der Waals surface area contributed by atoms with Gasteiger partial charge in [-0.1, -0.05) is 49.6 Å². The van der Waals surface area contributed by atoms with Crippen molar-refractivity contribution in [3.63, 3.8) is 0 Å². The van der Waals surface area contributed by atoms with Crippen molar-refractivity contribution in [1.29, 1.82) is 0 Å². The van der Waals surface area contributed by atoms with Crippen LogP contribution in [0, 0.1) is 0 Å². The van der Waals surface area contributed by atoms with E-state index in [0.717, 1.165) is 34.8 Å². The molecule has 1 aromatic rings. The molecule has 3 heteroatoms. The third-order valence-electron chi connectivity index (χ3n) is 4.21. The van der Waals surface area contributed by atoms with Crippen LogP contribution in [0.5, 0.6) is 5.75 Å². The predicted molar refractivity (Wildman–Crippen MR) is 85.6 cm³/mol. The molecule has 0 aromatic heterocycles. The Hall–Kier alpha value is -0.990. The van der Waals surface area contributed by atoms with Gasteiger partial charge in [-0.15, -0.1) is 0 Å². The van der Waals surface area contributed by atoms with Crippen LogP contribution in [0.25, 0.3) is 0 Å². The highest BCUT2D eigenvalue weighted by Crippen LogP contribution is 2.44. The second-order valence-corrected chi connectivity index (χ2v) is 6.29. The molecule has 0 atom stereocenters. The van der Waals surface area contributed by atoms with E-state index in [1.807, 2.05) is 19.1 Å². The molecule has 110 valence electrons. The smallest absolute Gasteiger partial charge is 0.138 e. The summed E-state index contributed by atoms with van der Waals surface area (Å²) in [6.45, 7) is 6.95. The Morgan fingerprint density at radius 3 is 2.65 bits per heavy atom. The molecule has 20 heavy (non-hydrogen) atoms. The van der Waals surface area contributed by atoms with Gasteiger partial charge in [0.15, 0.2) is 0 Å². The normalized spacial score (nSPS) is 17.8. The van der Waals surface area contributed by atoms with Gasteiger partial charge in [0.05, 0.1) is 5.02 Å². The molecule has 0 heterocycles. The van der Waals surface area contributed by atoms with E-state index < -0.39 is 0 Å². The fourth-order valence-corrected chi connectivity index (χ4v) is 3.43. The highest BCUT2D eigenvalue weighted by atomic mass is 35.5. The van der Waals surface area contributed by atoms with Gasteiger partial charge < -0.3 is 10.5 Å². The van der Waals surface area contributed by atoms with Crippen molar-refractivity contribution in [1.82, 2.24) is 0 Å².